The monoisotopic (exact) mass is 454 g/mol. The predicted octanol–water partition coefficient (Wildman–Crippen LogP) is 1.96. The van der Waals surface area contributed by atoms with Gasteiger partial charge in [0, 0.05) is 0 Å². The predicted molar refractivity (Wildman–Crippen MR) is 108 cm³/mol. The molecule has 2 aromatic carbocycles. The molecule has 7 nitrogen and oxygen atoms in total. The summed E-state index contributed by atoms with van der Waals surface area (Å²) < 4.78 is 25.5. The first-order valence-corrected chi connectivity index (χ1v) is 11.2. The molecule has 4 rings (SSSR count). The molecule has 0 atom stereocenters. The maximum atomic E-state index is 12.3. The van der Waals surface area contributed by atoms with Crippen LogP contribution in [0.2, 0.25) is 0 Å². The standard InChI is InChI=1S/C21H15AsO7/c1-10-15(23)8-6-13-17(11-4-2-3-5-12(11)21(25)26)14-7-9-16(24)18(22(27)28)20(14)29-19(10)13/h2-9,23,27-28H,1H3,(H,25,26). The summed E-state index contributed by atoms with van der Waals surface area (Å²) in [6.07, 6.45) is 0. The Kier molecular flexibility index (Phi) is 4.66. The van der Waals surface area contributed by atoms with Crippen LogP contribution in [-0.4, -0.2) is 39.7 Å². The van der Waals surface area contributed by atoms with E-state index in [4.69, 9.17) is 4.42 Å². The van der Waals surface area contributed by atoms with Crippen molar-refractivity contribution in [1.29, 1.82) is 0 Å². The van der Waals surface area contributed by atoms with Crippen molar-refractivity contribution in [2.75, 3.05) is 0 Å². The first-order chi connectivity index (χ1) is 13.8. The normalized spacial score (nSPS) is 11.4. The number of carboxylic acid groups (broad SMARTS) is 1. The molecule has 0 bridgehead atoms. The SMILES string of the molecule is Cc1c(O)ccc2c(-c3ccccc3C(=O)O)c3ccc(=O)c([As](O)O)c-3oc12. The molecular formula is C21H15AsO7. The van der Waals surface area contributed by atoms with Gasteiger partial charge in [-0.05, 0) is 0 Å². The van der Waals surface area contributed by atoms with Crippen molar-refractivity contribution in [3.63, 3.8) is 0 Å². The van der Waals surface area contributed by atoms with Crippen molar-refractivity contribution in [2.24, 2.45) is 0 Å². The summed E-state index contributed by atoms with van der Waals surface area (Å²) in [5.74, 6) is -1.19. The van der Waals surface area contributed by atoms with Crippen molar-refractivity contribution < 1.29 is 27.6 Å². The molecule has 1 aliphatic carbocycles. The van der Waals surface area contributed by atoms with Crippen molar-refractivity contribution in [3.8, 4) is 28.2 Å². The molecule has 0 unspecified atom stereocenters. The molecule has 0 radical (unpaired) electrons. The second-order valence-electron chi connectivity index (χ2n) is 6.49. The molecular weight excluding hydrogens is 439 g/mol. The van der Waals surface area contributed by atoms with Gasteiger partial charge in [-0.2, -0.15) is 0 Å². The number of aromatic carboxylic acids is 1. The van der Waals surface area contributed by atoms with Crippen LogP contribution in [0.4, 0.5) is 0 Å². The molecule has 8 heteroatoms. The Labute approximate surface area is 169 Å². The number of benzene rings is 3. The molecule has 2 aromatic rings. The number of rotatable bonds is 3. The molecule has 0 saturated heterocycles. The molecule has 4 N–H and O–H groups in total. The maximum absolute atomic E-state index is 12.3. The third-order valence-corrected chi connectivity index (χ3v) is 6.57. The minimum atomic E-state index is -3.63. The van der Waals surface area contributed by atoms with E-state index in [1.165, 1.54) is 24.3 Å². The number of phenolic OH excluding ortho intramolecular Hbond substituents is 1. The van der Waals surface area contributed by atoms with Gasteiger partial charge >= 0.3 is 169 Å². The third kappa shape index (κ3) is 3.00. The van der Waals surface area contributed by atoms with E-state index >= 15 is 0 Å². The van der Waals surface area contributed by atoms with Gasteiger partial charge in [0.25, 0.3) is 0 Å². The number of aromatic hydroxyl groups is 1. The summed E-state index contributed by atoms with van der Waals surface area (Å²) in [6, 6.07) is 12.2. The van der Waals surface area contributed by atoms with Gasteiger partial charge in [0.15, 0.2) is 0 Å². The van der Waals surface area contributed by atoms with Crippen LogP contribution in [0.1, 0.15) is 15.9 Å². The van der Waals surface area contributed by atoms with E-state index in [1.807, 2.05) is 0 Å². The number of carbonyl (C=O) groups is 1. The van der Waals surface area contributed by atoms with Crippen LogP contribution in [0, 0.1) is 6.92 Å². The molecule has 2 aliphatic rings. The number of hydrogen-bond donors (Lipinski definition) is 4. The van der Waals surface area contributed by atoms with Crippen molar-refractivity contribution in [2.45, 2.75) is 6.92 Å². The Hall–Kier alpha value is -3.12. The van der Waals surface area contributed by atoms with Gasteiger partial charge in [0.2, 0.25) is 0 Å². The number of hydrogen-bond acceptors (Lipinski definition) is 6. The van der Waals surface area contributed by atoms with Crippen molar-refractivity contribution in [3.05, 3.63) is 69.9 Å². The number of carboxylic acids is 1. The van der Waals surface area contributed by atoms with Crippen LogP contribution in [0.25, 0.3) is 33.4 Å². The van der Waals surface area contributed by atoms with Gasteiger partial charge in [-0.1, -0.05) is 0 Å². The van der Waals surface area contributed by atoms with E-state index in [1.54, 1.807) is 31.2 Å². The third-order valence-electron chi connectivity index (χ3n) is 4.84. The van der Waals surface area contributed by atoms with Gasteiger partial charge in [-0.15, -0.1) is 0 Å². The van der Waals surface area contributed by atoms with Gasteiger partial charge in [-0.25, -0.2) is 0 Å². The Morgan fingerprint density at radius 3 is 2.41 bits per heavy atom. The molecule has 1 aliphatic heterocycles. The second-order valence-corrected chi connectivity index (χ2v) is 8.65. The molecule has 29 heavy (non-hydrogen) atoms. The van der Waals surface area contributed by atoms with Crippen molar-refractivity contribution in [1.82, 2.24) is 0 Å². The Bertz CT molecular complexity index is 1310. The van der Waals surface area contributed by atoms with Crippen LogP contribution >= 0.6 is 0 Å². The van der Waals surface area contributed by atoms with Crippen LogP contribution in [-0.2, 0) is 0 Å². The van der Waals surface area contributed by atoms with Crippen LogP contribution in [0.3, 0.4) is 0 Å². The molecule has 0 amide bonds. The Morgan fingerprint density at radius 2 is 1.72 bits per heavy atom. The first kappa shape index (κ1) is 19.2. The number of fused-ring (bicyclic) bond motifs is 2. The fourth-order valence-corrected chi connectivity index (χ4v) is 4.78. The molecule has 1 heterocycles. The molecule has 0 spiro atoms. The van der Waals surface area contributed by atoms with E-state index in [0.717, 1.165) is 0 Å². The number of aryl methyl sites for hydroxylation is 1. The molecule has 0 fully saturated rings. The van der Waals surface area contributed by atoms with Crippen LogP contribution in [0.15, 0.2) is 57.7 Å². The average molecular weight is 454 g/mol. The zero-order valence-electron chi connectivity index (χ0n) is 15.1. The van der Waals surface area contributed by atoms with E-state index in [2.05, 4.69) is 0 Å². The van der Waals surface area contributed by atoms with Gasteiger partial charge in [0.1, 0.15) is 0 Å². The Morgan fingerprint density at radius 1 is 1.00 bits per heavy atom. The molecule has 0 aromatic heterocycles. The summed E-state index contributed by atoms with van der Waals surface area (Å²) >= 11 is -3.63. The minimum absolute atomic E-state index is 0.0149. The molecule has 146 valence electrons. The molecule has 0 saturated carbocycles. The van der Waals surface area contributed by atoms with Gasteiger partial charge < -0.3 is 0 Å². The fourth-order valence-electron chi connectivity index (χ4n) is 3.48. The van der Waals surface area contributed by atoms with E-state index in [9.17, 15) is 28.0 Å². The van der Waals surface area contributed by atoms with Gasteiger partial charge in [0.05, 0.1) is 0 Å². The van der Waals surface area contributed by atoms with Crippen LogP contribution < -0.4 is 9.78 Å². The quantitative estimate of drug-likeness (QED) is 0.275. The summed E-state index contributed by atoms with van der Waals surface area (Å²) in [4.78, 5) is 24.1. The fraction of sp³-hybridized carbons (Fsp3) is 0.0476. The van der Waals surface area contributed by atoms with Gasteiger partial charge in [-0.3, -0.25) is 0 Å². The summed E-state index contributed by atoms with van der Waals surface area (Å²) in [6.45, 7) is 1.62. The Balaban J connectivity index is 2.29. The van der Waals surface area contributed by atoms with E-state index in [0.29, 0.717) is 27.6 Å². The topological polar surface area (TPSA) is 128 Å². The van der Waals surface area contributed by atoms with Crippen molar-refractivity contribution >= 4 is 36.6 Å². The second kappa shape index (κ2) is 7.04. The zero-order valence-corrected chi connectivity index (χ0v) is 17.0. The zero-order chi connectivity index (χ0) is 20.9. The summed E-state index contributed by atoms with van der Waals surface area (Å²) in [7, 11) is 0. The summed E-state index contributed by atoms with van der Waals surface area (Å²) in [5.41, 5.74) is 1.33. The van der Waals surface area contributed by atoms with E-state index < -0.39 is 26.7 Å². The summed E-state index contributed by atoms with van der Waals surface area (Å²) in [5, 5.41) is 20.3. The van der Waals surface area contributed by atoms with E-state index in [-0.39, 0.29) is 27.0 Å². The van der Waals surface area contributed by atoms with Crippen LogP contribution in [0.5, 0.6) is 5.75 Å². The first-order valence-electron chi connectivity index (χ1n) is 8.54. The number of phenols is 1. The average Bonchev–Trinajstić information content (AvgIpc) is 2.69.